The van der Waals surface area contributed by atoms with E-state index in [1.54, 1.807) is 31.2 Å². The number of ether oxygens (including phenoxy) is 1. The fraction of sp³-hybridized carbons (Fsp3) is 0.476. The van der Waals surface area contributed by atoms with Crippen LogP contribution in [-0.4, -0.2) is 65.6 Å². The van der Waals surface area contributed by atoms with E-state index in [0.717, 1.165) is 22.3 Å². The van der Waals surface area contributed by atoms with E-state index in [2.05, 4.69) is 24.9 Å². The molecule has 156 valence electrons. The van der Waals surface area contributed by atoms with Crippen molar-refractivity contribution in [3.63, 3.8) is 0 Å². The number of benzene rings is 1. The van der Waals surface area contributed by atoms with Crippen LogP contribution in [0.2, 0.25) is 0 Å². The Hall–Kier alpha value is -2.06. The number of carbonyl (C=O) groups excluding carboxylic acids is 2. The number of thiazole rings is 1. The lowest BCUT2D eigenvalue weighted by Crippen LogP contribution is -2.38. The predicted molar refractivity (Wildman–Crippen MR) is 117 cm³/mol. The average molecular weight is 434 g/mol. The molecule has 0 aliphatic carbocycles. The standard InChI is InChI=1S/C21H27N3O3S2/c1-14-9-15(2)11-17(10-14)27-12-16-5-6-19(25)24(16)7-8-28-21-22-18(13-29-21)20(26)23(3)4/h9-11,13,16H,5-8,12H2,1-4H3/t16-/m1/s1. The Kier molecular flexibility index (Phi) is 7.18. The molecule has 1 saturated heterocycles. The number of rotatable bonds is 8. The molecule has 0 N–H and O–H groups in total. The number of carbonyl (C=O) groups is 2. The molecule has 8 heteroatoms. The van der Waals surface area contributed by atoms with Crippen LogP contribution in [0.3, 0.4) is 0 Å². The summed E-state index contributed by atoms with van der Waals surface area (Å²) in [6.45, 7) is 5.27. The van der Waals surface area contributed by atoms with Gasteiger partial charge in [-0.3, -0.25) is 9.59 Å². The SMILES string of the molecule is Cc1cc(C)cc(OC[C@H]2CCC(=O)N2CCSc2nc(C(=O)N(C)C)cs2)c1. The van der Waals surface area contributed by atoms with Gasteiger partial charge in [0.15, 0.2) is 4.34 Å². The van der Waals surface area contributed by atoms with E-state index in [4.69, 9.17) is 4.74 Å². The molecule has 3 rings (SSSR count). The number of hydrogen-bond donors (Lipinski definition) is 0. The van der Waals surface area contributed by atoms with Gasteiger partial charge in [-0.25, -0.2) is 4.98 Å². The lowest BCUT2D eigenvalue weighted by atomic mass is 10.1. The first-order valence-corrected chi connectivity index (χ1v) is 11.5. The molecule has 2 aromatic rings. The predicted octanol–water partition coefficient (Wildman–Crippen LogP) is 3.62. The van der Waals surface area contributed by atoms with Crippen molar-refractivity contribution in [3.8, 4) is 5.75 Å². The van der Waals surface area contributed by atoms with E-state index in [9.17, 15) is 9.59 Å². The van der Waals surface area contributed by atoms with Crippen molar-refractivity contribution in [2.75, 3.05) is 33.0 Å². The fourth-order valence-corrected chi connectivity index (χ4v) is 5.17. The van der Waals surface area contributed by atoms with Gasteiger partial charge in [0.05, 0.1) is 6.04 Å². The van der Waals surface area contributed by atoms with Crippen LogP contribution in [-0.2, 0) is 4.79 Å². The van der Waals surface area contributed by atoms with Crippen LogP contribution in [0.4, 0.5) is 0 Å². The van der Waals surface area contributed by atoms with Crippen molar-refractivity contribution in [1.29, 1.82) is 0 Å². The first kappa shape index (κ1) is 21.6. The van der Waals surface area contributed by atoms with Crippen LogP contribution in [0.15, 0.2) is 27.9 Å². The molecule has 6 nitrogen and oxygen atoms in total. The third-order valence-electron chi connectivity index (χ3n) is 4.76. The Bertz CT molecular complexity index is 862. The van der Waals surface area contributed by atoms with Crippen LogP contribution < -0.4 is 4.74 Å². The van der Waals surface area contributed by atoms with Crippen molar-refractivity contribution in [2.45, 2.75) is 37.1 Å². The van der Waals surface area contributed by atoms with Crippen LogP contribution in [0, 0.1) is 13.8 Å². The summed E-state index contributed by atoms with van der Waals surface area (Å²) < 4.78 is 6.85. The number of aromatic nitrogens is 1. The molecular weight excluding hydrogens is 406 g/mol. The molecule has 1 atom stereocenters. The minimum Gasteiger partial charge on any atom is -0.491 e. The number of hydrogen-bond acceptors (Lipinski definition) is 6. The largest absolute Gasteiger partial charge is 0.491 e. The second-order valence-corrected chi connectivity index (χ2v) is 9.66. The zero-order chi connectivity index (χ0) is 21.0. The van der Waals surface area contributed by atoms with E-state index in [1.165, 1.54) is 27.4 Å². The molecule has 1 aromatic heterocycles. The molecular formula is C21H27N3O3S2. The minimum atomic E-state index is -0.0913. The van der Waals surface area contributed by atoms with Gasteiger partial charge in [-0.1, -0.05) is 17.8 Å². The number of likely N-dealkylation sites (tertiary alicyclic amines) is 1. The second kappa shape index (κ2) is 9.63. The molecule has 2 heterocycles. The van der Waals surface area contributed by atoms with Gasteiger partial charge < -0.3 is 14.5 Å². The highest BCUT2D eigenvalue weighted by molar-refractivity contribution is 8.01. The van der Waals surface area contributed by atoms with Gasteiger partial charge >= 0.3 is 0 Å². The van der Waals surface area contributed by atoms with Gasteiger partial charge in [0.2, 0.25) is 5.91 Å². The molecule has 0 unspecified atom stereocenters. The van der Waals surface area contributed by atoms with Gasteiger partial charge in [0.25, 0.3) is 5.91 Å². The minimum absolute atomic E-state index is 0.0913. The van der Waals surface area contributed by atoms with Gasteiger partial charge in [0, 0.05) is 38.2 Å². The first-order valence-electron chi connectivity index (χ1n) is 9.64. The Balaban J connectivity index is 1.51. The summed E-state index contributed by atoms with van der Waals surface area (Å²) in [7, 11) is 3.43. The number of amides is 2. The quantitative estimate of drug-likeness (QED) is 0.595. The van der Waals surface area contributed by atoms with E-state index < -0.39 is 0 Å². The van der Waals surface area contributed by atoms with E-state index in [1.807, 2.05) is 17.0 Å². The Morgan fingerprint density at radius 2 is 2.03 bits per heavy atom. The van der Waals surface area contributed by atoms with Gasteiger partial charge in [-0.05, 0) is 43.5 Å². The average Bonchev–Trinajstić information content (AvgIpc) is 3.26. The highest BCUT2D eigenvalue weighted by Gasteiger charge is 2.31. The summed E-state index contributed by atoms with van der Waals surface area (Å²) in [5.41, 5.74) is 2.82. The summed E-state index contributed by atoms with van der Waals surface area (Å²) in [5, 5.41) is 1.78. The molecule has 1 aliphatic rings. The summed E-state index contributed by atoms with van der Waals surface area (Å²) in [6.07, 6.45) is 1.40. The number of aryl methyl sites for hydroxylation is 2. The lowest BCUT2D eigenvalue weighted by molar-refractivity contribution is -0.129. The van der Waals surface area contributed by atoms with Crippen LogP contribution in [0.25, 0.3) is 0 Å². The third-order valence-corrected chi connectivity index (χ3v) is 6.76. The van der Waals surface area contributed by atoms with Crippen molar-refractivity contribution in [3.05, 3.63) is 40.4 Å². The van der Waals surface area contributed by atoms with Gasteiger partial charge in [-0.2, -0.15) is 0 Å². The zero-order valence-electron chi connectivity index (χ0n) is 17.3. The Morgan fingerprint density at radius 3 is 2.72 bits per heavy atom. The number of thioether (sulfide) groups is 1. The maximum Gasteiger partial charge on any atom is 0.272 e. The maximum absolute atomic E-state index is 12.3. The Labute approximate surface area is 180 Å². The fourth-order valence-electron chi connectivity index (χ4n) is 3.36. The summed E-state index contributed by atoms with van der Waals surface area (Å²) >= 11 is 3.05. The summed E-state index contributed by atoms with van der Waals surface area (Å²) in [6, 6.07) is 6.27. The summed E-state index contributed by atoms with van der Waals surface area (Å²) in [5.74, 6) is 1.69. The molecule has 0 saturated carbocycles. The molecule has 29 heavy (non-hydrogen) atoms. The molecule has 0 bridgehead atoms. The second-order valence-electron chi connectivity index (χ2n) is 7.46. The zero-order valence-corrected chi connectivity index (χ0v) is 18.9. The molecule has 0 radical (unpaired) electrons. The van der Waals surface area contributed by atoms with Crippen molar-refractivity contribution >= 4 is 34.9 Å². The van der Waals surface area contributed by atoms with Crippen LogP contribution in [0.5, 0.6) is 5.75 Å². The molecule has 2 amide bonds. The third kappa shape index (κ3) is 5.73. The smallest absolute Gasteiger partial charge is 0.272 e. The van der Waals surface area contributed by atoms with E-state index >= 15 is 0 Å². The van der Waals surface area contributed by atoms with E-state index in [0.29, 0.717) is 25.3 Å². The van der Waals surface area contributed by atoms with Gasteiger partial charge in [-0.15, -0.1) is 11.3 Å². The Morgan fingerprint density at radius 1 is 1.31 bits per heavy atom. The van der Waals surface area contributed by atoms with Crippen LogP contribution >= 0.6 is 23.1 Å². The van der Waals surface area contributed by atoms with Gasteiger partial charge in [0.1, 0.15) is 18.1 Å². The topological polar surface area (TPSA) is 62.7 Å². The lowest BCUT2D eigenvalue weighted by Gasteiger charge is -2.24. The molecule has 1 aliphatic heterocycles. The van der Waals surface area contributed by atoms with E-state index in [-0.39, 0.29) is 17.9 Å². The first-order chi connectivity index (χ1) is 13.8. The molecule has 0 spiro atoms. The number of nitrogens with zero attached hydrogens (tertiary/aromatic N) is 3. The van der Waals surface area contributed by atoms with Crippen molar-refractivity contribution < 1.29 is 14.3 Å². The monoisotopic (exact) mass is 433 g/mol. The molecule has 1 fully saturated rings. The van der Waals surface area contributed by atoms with Crippen LogP contribution in [0.1, 0.15) is 34.5 Å². The normalized spacial score (nSPS) is 16.3. The van der Waals surface area contributed by atoms with Crippen molar-refractivity contribution in [1.82, 2.24) is 14.8 Å². The van der Waals surface area contributed by atoms with Crippen molar-refractivity contribution in [2.24, 2.45) is 0 Å². The molecule has 1 aromatic carbocycles. The summed E-state index contributed by atoms with van der Waals surface area (Å²) in [4.78, 5) is 32.1. The maximum atomic E-state index is 12.3. The highest BCUT2D eigenvalue weighted by atomic mass is 32.2. The highest BCUT2D eigenvalue weighted by Crippen LogP contribution is 2.26.